The summed E-state index contributed by atoms with van der Waals surface area (Å²) >= 11 is 0. The van der Waals surface area contributed by atoms with Crippen molar-refractivity contribution >= 4 is 22.8 Å². The molecule has 4 rings (SSSR count). The predicted molar refractivity (Wildman–Crippen MR) is 104 cm³/mol. The van der Waals surface area contributed by atoms with Gasteiger partial charge in [-0.15, -0.1) is 6.42 Å². The molecule has 30 heavy (non-hydrogen) atoms. The first-order valence-electron chi connectivity index (χ1n) is 9.55. The van der Waals surface area contributed by atoms with Crippen LogP contribution in [-0.2, 0) is 9.47 Å². The lowest BCUT2D eigenvalue weighted by atomic mass is 9.94. The number of hydrogen-bond acceptors (Lipinski definition) is 9. The third kappa shape index (κ3) is 3.10. The minimum atomic E-state index is -2.11. The van der Waals surface area contributed by atoms with Crippen molar-refractivity contribution in [3.63, 3.8) is 0 Å². The van der Waals surface area contributed by atoms with Crippen molar-refractivity contribution in [2.75, 3.05) is 38.6 Å². The number of hydrogen-bond donors (Lipinski definition) is 4. The molecule has 2 aliphatic rings. The van der Waals surface area contributed by atoms with Gasteiger partial charge in [0.05, 0.1) is 30.3 Å². The molecule has 2 fully saturated rings. The second-order valence-corrected chi connectivity index (χ2v) is 7.27. The highest BCUT2D eigenvalue weighted by atomic mass is 16.6. The maximum Gasteiger partial charge on any atom is 0.256 e. The zero-order chi connectivity index (χ0) is 21.5. The highest BCUT2D eigenvalue weighted by Gasteiger charge is 2.55. The Kier molecular flexibility index (Phi) is 5.35. The van der Waals surface area contributed by atoms with Crippen LogP contribution >= 0.6 is 0 Å². The number of ether oxygens (including phenoxy) is 2. The molecule has 1 amide bonds. The van der Waals surface area contributed by atoms with E-state index < -0.39 is 24.0 Å². The van der Waals surface area contributed by atoms with Gasteiger partial charge in [0.1, 0.15) is 23.9 Å². The fourth-order valence-electron chi connectivity index (χ4n) is 3.95. The van der Waals surface area contributed by atoms with Crippen molar-refractivity contribution in [2.24, 2.45) is 0 Å². The molecule has 11 heteroatoms. The van der Waals surface area contributed by atoms with Crippen LogP contribution in [0.5, 0.6) is 0 Å². The lowest BCUT2D eigenvalue weighted by Gasteiger charge is -2.27. The molecule has 0 aromatic carbocycles. The largest absolute Gasteiger partial charge is 0.396 e. The summed E-state index contributed by atoms with van der Waals surface area (Å²) in [6.45, 7) is 1.43. The Balaban J connectivity index is 1.83. The number of aromatic nitrogens is 3. The molecule has 4 atom stereocenters. The van der Waals surface area contributed by atoms with Gasteiger partial charge in [0.25, 0.3) is 5.91 Å². The molecule has 5 N–H and O–H groups in total. The third-order valence-corrected chi connectivity index (χ3v) is 5.55. The molecular formula is C19H23N5O6. The molecule has 4 unspecified atom stereocenters. The number of carbonyl (C=O) groups excluding carboxylic acids is 1. The topological polar surface area (TPSA) is 156 Å². The molecule has 0 radical (unpaired) electrons. The number of amides is 1. The zero-order valence-electron chi connectivity index (χ0n) is 16.1. The third-order valence-electron chi connectivity index (χ3n) is 5.55. The van der Waals surface area contributed by atoms with E-state index in [1.165, 1.54) is 17.1 Å². The number of morpholine rings is 1. The van der Waals surface area contributed by atoms with Gasteiger partial charge in [0.2, 0.25) is 0 Å². The number of fused-ring (bicyclic) bond motifs is 1. The van der Waals surface area contributed by atoms with Crippen LogP contribution in [0.25, 0.3) is 11.0 Å². The van der Waals surface area contributed by atoms with Gasteiger partial charge in [-0.2, -0.15) is 0 Å². The number of rotatable bonds is 4. The molecule has 2 aromatic heterocycles. The summed E-state index contributed by atoms with van der Waals surface area (Å²) in [6.07, 6.45) is 4.68. The molecule has 2 saturated heterocycles. The summed E-state index contributed by atoms with van der Waals surface area (Å²) in [5.41, 5.74) is 4.41. The van der Waals surface area contributed by atoms with Crippen molar-refractivity contribution in [2.45, 2.75) is 30.5 Å². The highest BCUT2D eigenvalue weighted by molar-refractivity contribution is 6.09. The first-order chi connectivity index (χ1) is 14.4. The van der Waals surface area contributed by atoms with E-state index in [2.05, 4.69) is 15.9 Å². The van der Waals surface area contributed by atoms with E-state index in [9.17, 15) is 20.1 Å². The molecule has 0 saturated carbocycles. The molecule has 2 aromatic rings. The highest BCUT2D eigenvalue weighted by Crippen LogP contribution is 2.42. The number of aliphatic hydroxyl groups is 3. The summed E-state index contributed by atoms with van der Waals surface area (Å²) in [6, 6.07) is 0. The SMILES string of the molecule is C#CC1(O)C(O)C(CCO)OC1n1cc(C(=O)N2CCOCC2)c2c(N)ncnc21. The lowest BCUT2D eigenvalue weighted by molar-refractivity contribution is -0.0692. The first-order valence-corrected chi connectivity index (χ1v) is 9.55. The van der Waals surface area contributed by atoms with Gasteiger partial charge >= 0.3 is 0 Å². The van der Waals surface area contributed by atoms with E-state index in [1.54, 1.807) is 4.90 Å². The number of terminal acetylenes is 1. The zero-order valence-corrected chi connectivity index (χ0v) is 16.1. The molecule has 160 valence electrons. The summed E-state index contributed by atoms with van der Waals surface area (Å²) in [7, 11) is 0. The van der Waals surface area contributed by atoms with Gasteiger partial charge in [-0.3, -0.25) is 4.79 Å². The van der Waals surface area contributed by atoms with Crippen LogP contribution in [-0.4, -0.2) is 91.4 Å². The quantitative estimate of drug-likeness (QED) is 0.434. The van der Waals surface area contributed by atoms with Gasteiger partial charge in [-0.1, -0.05) is 5.92 Å². The molecule has 11 nitrogen and oxygen atoms in total. The molecule has 4 heterocycles. The molecular weight excluding hydrogens is 394 g/mol. The van der Waals surface area contributed by atoms with Crippen LogP contribution in [0.3, 0.4) is 0 Å². The smallest absolute Gasteiger partial charge is 0.256 e. The second kappa shape index (κ2) is 7.82. The van der Waals surface area contributed by atoms with Crippen LogP contribution in [0, 0.1) is 12.3 Å². The number of carbonyl (C=O) groups is 1. The van der Waals surface area contributed by atoms with Crippen molar-refractivity contribution in [3.05, 3.63) is 18.1 Å². The second-order valence-electron chi connectivity index (χ2n) is 7.27. The van der Waals surface area contributed by atoms with Gasteiger partial charge in [-0.25, -0.2) is 9.97 Å². The standard InChI is InChI=1S/C19H23N5O6/c1-2-19(28)14(26)12(3-6-25)30-18(19)24-9-11(13-15(20)21-10-22-16(13)24)17(27)23-4-7-29-8-5-23/h1,9-10,12,14,18,25-26,28H,3-8H2,(H2,20,21,22). The Morgan fingerprint density at radius 3 is 2.80 bits per heavy atom. The fraction of sp³-hybridized carbons (Fsp3) is 0.526. The van der Waals surface area contributed by atoms with Crippen molar-refractivity contribution < 1.29 is 29.6 Å². The number of nitrogens with zero attached hydrogens (tertiary/aromatic N) is 4. The van der Waals surface area contributed by atoms with Crippen LogP contribution < -0.4 is 5.73 Å². The average Bonchev–Trinajstić information content (AvgIpc) is 3.26. The van der Waals surface area contributed by atoms with Crippen LogP contribution in [0.1, 0.15) is 23.0 Å². The maximum atomic E-state index is 13.2. The molecule has 0 aliphatic carbocycles. The van der Waals surface area contributed by atoms with E-state index in [0.29, 0.717) is 31.7 Å². The van der Waals surface area contributed by atoms with Crippen molar-refractivity contribution in [1.82, 2.24) is 19.4 Å². The first kappa shape index (κ1) is 20.5. The monoisotopic (exact) mass is 417 g/mol. The van der Waals surface area contributed by atoms with Gasteiger partial charge in [0.15, 0.2) is 11.8 Å². The van der Waals surface area contributed by atoms with E-state index in [-0.39, 0.29) is 36.0 Å². The fourth-order valence-corrected chi connectivity index (χ4v) is 3.95. The normalized spacial score (nSPS) is 29.3. The number of nitrogen functional groups attached to an aromatic ring is 1. The Bertz CT molecular complexity index is 997. The lowest BCUT2D eigenvalue weighted by Crippen LogP contribution is -2.45. The van der Waals surface area contributed by atoms with E-state index in [1.807, 2.05) is 0 Å². The molecule has 2 aliphatic heterocycles. The van der Waals surface area contributed by atoms with E-state index in [0.717, 1.165) is 0 Å². The Morgan fingerprint density at radius 2 is 2.13 bits per heavy atom. The average molecular weight is 417 g/mol. The minimum absolute atomic E-state index is 0.0670. The molecule has 0 bridgehead atoms. The van der Waals surface area contributed by atoms with Crippen molar-refractivity contribution in [3.8, 4) is 12.3 Å². The van der Waals surface area contributed by atoms with Gasteiger partial charge in [-0.05, 0) is 6.42 Å². The van der Waals surface area contributed by atoms with E-state index in [4.69, 9.17) is 21.6 Å². The number of aliphatic hydroxyl groups excluding tert-OH is 2. The van der Waals surface area contributed by atoms with Gasteiger partial charge < -0.3 is 40.0 Å². The molecule has 0 spiro atoms. The minimum Gasteiger partial charge on any atom is -0.396 e. The van der Waals surface area contributed by atoms with Crippen LogP contribution in [0.2, 0.25) is 0 Å². The van der Waals surface area contributed by atoms with E-state index >= 15 is 0 Å². The Morgan fingerprint density at radius 1 is 1.40 bits per heavy atom. The predicted octanol–water partition coefficient (Wildman–Crippen LogP) is -1.51. The van der Waals surface area contributed by atoms with Crippen LogP contribution in [0.4, 0.5) is 5.82 Å². The summed E-state index contributed by atoms with van der Waals surface area (Å²) in [5.74, 6) is 1.99. The summed E-state index contributed by atoms with van der Waals surface area (Å²) < 4.78 is 12.5. The maximum absolute atomic E-state index is 13.2. The number of nitrogens with two attached hydrogens (primary N) is 1. The van der Waals surface area contributed by atoms with Crippen molar-refractivity contribution in [1.29, 1.82) is 0 Å². The summed E-state index contributed by atoms with van der Waals surface area (Å²) in [5, 5.41) is 31.1. The Hall–Kier alpha value is -2.75. The Labute approximate surface area is 172 Å². The van der Waals surface area contributed by atoms with Gasteiger partial charge in [0, 0.05) is 25.9 Å². The number of anilines is 1. The van der Waals surface area contributed by atoms with Crippen LogP contribution in [0.15, 0.2) is 12.5 Å². The summed E-state index contributed by atoms with van der Waals surface area (Å²) in [4.78, 5) is 23.0.